The molecule has 130 valence electrons. The summed E-state index contributed by atoms with van der Waals surface area (Å²) in [6.07, 6.45) is 3.49. The highest BCUT2D eigenvalue weighted by atomic mass is 32.2. The molecule has 9 heteroatoms. The summed E-state index contributed by atoms with van der Waals surface area (Å²) >= 11 is 1.34. The van der Waals surface area contributed by atoms with Crippen molar-refractivity contribution in [1.82, 2.24) is 20.1 Å². The van der Waals surface area contributed by atoms with Crippen LogP contribution in [-0.2, 0) is 16.9 Å². The lowest BCUT2D eigenvalue weighted by molar-refractivity contribution is 0.0952. The Morgan fingerprint density at radius 3 is 2.72 bits per heavy atom. The van der Waals surface area contributed by atoms with Gasteiger partial charge in [-0.3, -0.25) is 9.48 Å². The van der Waals surface area contributed by atoms with Crippen molar-refractivity contribution in [2.45, 2.75) is 4.90 Å². The minimum atomic E-state index is -3.42. The Hall–Kier alpha value is -2.52. The number of hydrogen-bond donors (Lipinski definition) is 1. The molecule has 0 aliphatic carbocycles. The van der Waals surface area contributed by atoms with Gasteiger partial charge in [-0.25, -0.2) is 13.4 Å². The molecule has 2 aromatic heterocycles. The number of carbonyl (C=O) groups is 1. The zero-order valence-electron chi connectivity index (χ0n) is 13.4. The van der Waals surface area contributed by atoms with Crippen molar-refractivity contribution in [2.24, 2.45) is 7.05 Å². The van der Waals surface area contributed by atoms with Crippen molar-refractivity contribution < 1.29 is 13.2 Å². The van der Waals surface area contributed by atoms with Crippen LogP contribution in [-0.4, -0.2) is 41.4 Å². The second-order valence-corrected chi connectivity index (χ2v) is 8.30. The maximum Gasteiger partial charge on any atom is 0.270 e. The van der Waals surface area contributed by atoms with Gasteiger partial charge in [0, 0.05) is 30.7 Å². The van der Waals surface area contributed by atoms with Crippen molar-refractivity contribution in [3.63, 3.8) is 0 Å². The van der Waals surface area contributed by atoms with Crippen molar-refractivity contribution in [1.29, 1.82) is 0 Å². The van der Waals surface area contributed by atoms with E-state index in [1.54, 1.807) is 41.5 Å². The number of amides is 1. The lowest BCUT2D eigenvalue weighted by atomic mass is 10.4. The number of nitrogens with one attached hydrogen (secondary N) is 1. The Labute approximate surface area is 149 Å². The molecule has 2 heterocycles. The molecular weight excluding hydrogens is 360 g/mol. The molecule has 1 amide bonds. The van der Waals surface area contributed by atoms with Gasteiger partial charge in [-0.1, -0.05) is 18.2 Å². The van der Waals surface area contributed by atoms with Crippen LogP contribution in [0.1, 0.15) is 10.5 Å². The normalized spacial score (nSPS) is 11.4. The van der Waals surface area contributed by atoms with Crippen LogP contribution in [0, 0.1) is 0 Å². The fourth-order valence-electron chi connectivity index (χ4n) is 2.18. The third kappa shape index (κ3) is 4.12. The summed E-state index contributed by atoms with van der Waals surface area (Å²) in [4.78, 5) is 16.7. The molecule has 3 aromatic rings. The first-order valence-corrected chi connectivity index (χ1v) is 9.99. The monoisotopic (exact) mass is 376 g/mol. The van der Waals surface area contributed by atoms with E-state index in [4.69, 9.17) is 0 Å². The number of sulfone groups is 1. The van der Waals surface area contributed by atoms with Crippen molar-refractivity contribution in [3.05, 3.63) is 53.8 Å². The highest BCUT2D eigenvalue weighted by Gasteiger charge is 2.16. The summed E-state index contributed by atoms with van der Waals surface area (Å²) < 4.78 is 26.0. The smallest absolute Gasteiger partial charge is 0.270 e. The Kier molecular flexibility index (Phi) is 4.95. The number of nitrogens with zero attached hydrogens (tertiary/aromatic N) is 3. The van der Waals surface area contributed by atoms with Crippen molar-refractivity contribution in [3.8, 4) is 10.6 Å². The quantitative estimate of drug-likeness (QED) is 0.707. The van der Waals surface area contributed by atoms with E-state index >= 15 is 0 Å². The number of carbonyl (C=O) groups excluding carboxylic acids is 1. The Bertz CT molecular complexity index is 978. The number of hydrogen-bond acceptors (Lipinski definition) is 6. The Balaban J connectivity index is 1.59. The van der Waals surface area contributed by atoms with Gasteiger partial charge < -0.3 is 5.32 Å². The number of benzene rings is 1. The molecule has 0 aliphatic rings. The maximum atomic E-state index is 12.2. The van der Waals surface area contributed by atoms with Crippen LogP contribution >= 0.6 is 11.3 Å². The Morgan fingerprint density at radius 1 is 1.28 bits per heavy atom. The van der Waals surface area contributed by atoms with E-state index in [2.05, 4.69) is 15.4 Å². The summed E-state index contributed by atoms with van der Waals surface area (Å²) in [6, 6.07) is 8.17. The first-order valence-electron chi connectivity index (χ1n) is 7.46. The average Bonchev–Trinajstić information content (AvgIpc) is 3.24. The van der Waals surface area contributed by atoms with E-state index in [0.717, 1.165) is 5.56 Å². The summed E-state index contributed by atoms with van der Waals surface area (Å²) in [5.74, 6) is -0.558. The van der Waals surface area contributed by atoms with Gasteiger partial charge in [-0.2, -0.15) is 5.10 Å². The van der Waals surface area contributed by atoms with Crippen LogP contribution < -0.4 is 5.32 Å². The van der Waals surface area contributed by atoms with E-state index in [9.17, 15) is 13.2 Å². The molecule has 1 aromatic carbocycles. The fourth-order valence-corrected chi connectivity index (χ4v) is 4.13. The second-order valence-electron chi connectivity index (χ2n) is 5.33. The molecule has 0 spiro atoms. The van der Waals surface area contributed by atoms with Crippen LogP contribution in [0.2, 0.25) is 0 Å². The molecule has 3 rings (SSSR count). The van der Waals surface area contributed by atoms with Crippen LogP contribution in [0.25, 0.3) is 10.6 Å². The van der Waals surface area contributed by atoms with Gasteiger partial charge in [0.25, 0.3) is 5.91 Å². The van der Waals surface area contributed by atoms with Crippen molar-refractivity contribution in [2.75, 3.05) is 12.3 Å². The predicted octanol–water partition coefficient (Wildman–Crippen LogP) is 1.75. The number of aryl methyl sites for hydroxylation is 1. The molecule has 25 heavy (non-hydrogen) atoms. The first kappa shape index (κ1) is 17.3. The molecule has 0 fully saturated rings. The molecule has 0 aliphatic heterocycles. The summed E-state index contributed by atoms with van der Waals surface area (Å²) in [6.45, 7) is 0.0236. The molecule has 0 bridgehead atoms. The van der Waals surface area contributed by atoms with Gasteiger partial charge in [0.1, 0.15) is 10.7 Å². The fraction of sp³-hybridized carbons (Fsp3) is 0.188. The molecule has 0 saturated carbocycles. The standard InChI is InChI=1S/C16H16N4O3S2/c1-20-10-12(9-18-20)16-19-14(11-24-16)15(21)17-7-8-25(22,23)13-5-3-2-4-6-13/h2-6,9-11H,7-8H2,1H3,(H,17,21). The first-order chi connectivity index (χ1) is 12.0. The molecule has 7 nitrogen and oxygen atoms in total. The largest absolute Gasteiger partial charge is 0.350 e. The van der Waals surface area contributed by atoms with E-state index in [1.165, 1.54) is 23.5 Å². The van der Waals surface area contributed by atoms with Gasteiger partial charge in [0.05, 0.1) is 16.8 Å². The third-order valence-electron chi connectivity index (χ3n) is 3.45. The number of rotatable bonds is 6. The SMILES string of the molecule is Cn1cc(-c2nc(C(=O)NCCS(=O)(=O)c3ccccc3)cs2)cn1. The summed E-state index contributed by atoms with van der Waals surface area (Å²) in [7, 11) is -1.61. The van der Waals surface area contributed by atoms with Gasteiger partial charge in [0.15, 0.2) is 9.84 Å². The number of aromatic nitrogens is 3. The van der Waals surface area contributed by atoms with Crippen molar-refractivity contribution >= 4 is 27.1 Å². The average molecular weight is 376 g/mol. The van der Waals surface area contributed by atoms with E-state index < -0.39 is 15.7 Å². The zero-order valence-corrected chi connectivity index (χ0v) is 15.0. The summed E-state index contributed by atoms with van der Waals surface area (Å²) in [5, 5.41) is 9.00. The molecule has 0 unspecified atom stereocenters. The molecule has 0 radical (unpaired) electrons. The lowest BCUT2D eigenvalue weighted by Gasteiger charge is -2.05. The summed E-state index contributed by atoms with van der Waals surface area (Å²) in [5.41, 5.74) is 1.10. The molecule has 1 N–H and O–H groups in total. The molecular formula is C16H16N4O3S2. The highest BCUT2D eigenvalue weighted by molar-refractivity contribution is 7.91. The third-order valence-corrected chi connectivity index (χ3v) is 6.07. The Morgan fingerprint density at radius 2 is 2.04 bits per heavy atom. The molecule has 0 saturated heterocycles. The van der Waals surface area contributed by atoms with Crippen LogP contribution in [0.15, 0.2) is 53.0 Å². The van der Waals surface area contributed by atoms with Gasteiger partial charge in [-0.15, -0.1) is 11.3 Å². The minimum Gasteiger partial charge on any atom is -0.350 e. The maximum absolute atomic E-state index is 12.2. The van der Waals surface area contributed by atoms with Gasteiger partial charge in [-0.05, 0) is 12.1 Å². The highest BCUT2D eigenvalue weighted by Crippen LogP contribution is 2.22. The van der Waals surface area contributed by atoms with Crippen LogP contribution in [0.4, 0.5) is 0 Å². The second kappa shape index (κ2) is 7.16. The van der Waals surface area contributed by atoms with E-state index in [0.29, 0.717) is 5.01 Å². The molecule has 0 atom stereocenters. The van der Waals surface area contributed by atoms with Crippen LogP contribution in [0.5, 0.6) is 0 Å². The number of thiazole rings is 1. The van der Waals surface area contributed by atoms with E-state index in [-0.39, 0.29) is 22.9 Å². The van der Waals surface area contributed by atoms with Gasteiger partial charge >= 0.3 is 0 Å². The predicted molar refractivity (Wildman–Crippen MR) is 95.1 cm³/mol. The van der Waals surface area contributed by atoms with Gasteiger partial charge in [0.2, 0.25) is 0 Å². The van der Waals surface area contributed by atoms with Crippen LogP contribution in [0.3, 0.4) is 0 Å². The minimum absolute atomic E-state index is 0.0236. The lowest BCUT2D eigenvalue weighted by Crippen LogP contribution is -2.29. The van der Waals surface area contributed by atoms with E-state index in [1.807, 2.05) is 6.20 Å². The topological polar surface area (TPSA) is 94.0 Å². The zero-order chi connectivity index (χ0) is 17.9.